The third-order valence-electron chi connectivity index (χ3n) is 4.27. The minimum Gasteiger partial charge on any atom is -0.486 e. The van der Waals surface area contributed by atoms with Gasteiger partial charge >= 0.3 is 0 Å². The molecule has 1 N–H and O–H groups in total. The van der Waals surface area contributed by atoms with Crippen molar-refractivity contribution < 1.29 is 14.3 Å². The predicted octanol–water partition coefficient (Wildman–Crippen LogP) is 2.55. The van der Waals surface area contributed by atoms with Crippen molar-refractivity contribution in [3.05, 3.63) is 53.9 Å². The van der Waals surface area contributed by atoms with Gasteiger partial charge < -0.3 is 19.4 Å². The summed E-state index contributed by atoms with van der Waals surface area (Å²) in [5.41, 5.74) is 2.61. The van der Waals surface area contributed by atoms with Gasteiger partial charge in [0.2, 0.25) is 0 Å². The molecule has 0 fully saturated rings. The van der Waals surface area contributed by atoms with Crippen LogP contribution in [0.4, 0.5) is 0 Å². The largest absolute Gasteiger partial charge is 0.486 e. The molecule has 25 heavy (non-hydrogen) atoms. The fraction of sp³-hybridized carbons (Fsp3) is 0.263. The molecule has 2 aromatic carbocycles. The number of imidazole rings is 1. The maximum absolute atomic E-state index is 12.4. The van der Waals surface area contributed by atoms with Crippen LogP contribution in [0.2, 0.25) is 0 Å². The van der Waals surface area contributed by atoms with Crippen LogP contribution in [0.1, 0.15) is 16.2 Å². The zero-order valence-electron chi connectivity index (χ0n) is 14.0. The van der Waals surface area contributed by atoms with E-state index in [0.717, 1.165) is 16.9 Å². The average Bonchev–Trinajstić information content (AvgIpc) is 2.96. The van der Waals surface area contributed by atoms with Gasteiger partial charge in [0.05, 0.1) is 11.0 Å². The maximum Gasteiger partial charge on any atom is 0.251 e. The summed E-state index contributed by atoms with van der Waals surface area (Å²) >= 11 is 0. The van der Waals surface area contributed by atoms with E-state index < -0.39 is 0 Å². The molecule has 4 rings (SSSR count). The van der Waals surface area contributed by atoms with Gasteiger partial charge in [0.1, 0.15) is 19.0 Å². The number of ether oxygens (including phenoxy) is 2. The number of hydrogen-bond donors (Lipinski definition) is 1. The number of carbonyl (C=O) groups excluding carboxylic acids is 1. The molecule has 1 aliphatic rings. The lowest BCUT2D eigenvalue weighted by molar-refractivity contribution is 0.0951. The molecule has 3 aromatic rings. The summed E-state index contributed by atoms with van der Waals surface area (Å²) in [5, 5.41) is 2.95. The summed E-state index contributed by atoms with van der Waals surface area (Å²) in [6.07, 6.45) is 0. The number of nitrogens with one attached hydrogen (secondary N) is 1. The van der Waals surface area contributed by atoms with Gasteiger partial charge in [0.25, 0.3) is 5.91 Å². The fourth-order valence-corrected chi connectivity index (χ4v) is 3.05. The van der Waals surface area contributed by atoms with Crippen LogP contribution >= 0.6 is 0 Å². The minimum absolute atomic E-state index is 0.126. The van der Waals surface area contributed by atoms with Crippen molar-refractivity contribution in [2.75, 3.05) is 19.8 Å². The smallest absolute Gasteiger partial charge is 0.251 e. The zero-order valence-corrected chi connectivity index (χ0v) is 14.0. The van der Waals surface area contributed by atoms with Crippen molar-refractivity contribution in [2.24, 2.45) is 0 Å². The number of benzene rings is 2. The third-order valence-corrected chi connectivity index (χ3v) is 4.27. The molecule has 6 nitrogen and oxygen atoms in total. The first kappa shape index (κ1) is 15.5. The Morgan fingerprint density at radius 2 is 1.96 bits per heavy atom. The van der Waals surface area contributed by atoms with Gasteiger partial charge in [-0.3, -0.25) is 4.79 Å². The Hall–Kier alpha value is -3.02. The second-order valence-corrected chi connectivity index (χ2v) is 5.91. The number of aromatic nitrogens is 2. The molecule has 0 atom stereocenters. The highest BCUT2D eigenvalue weighted by molar-refractivity contribution is 5.94. The third kappa shape index (κ3) is 3.03. The summed E-state index contributed by atoms with van der Waals surface area (Å²) in [5.74, 6) is 2.12. The number of para-hydroxylation sites is 2. The van der Waals surface area contributed by atoms with Gasteiger partial charge in [-0.1, -0.05) is 12.1 Å². The molecule has 0 aliphatic carbocycles. The van der Waals surface area contributed by atoms with Crippen LogP contribution < -0.4 is 14.8 Å². The molecule has 128 valence electrons. The van der Waals surface area contributed by atoms with E-state index in [-0.39, 0.29) is 5.91 Å². The molecule has 6 heteroatoms. The molecular formula is C19H19N3O3. The summed E-state index contributed by atoms with van der Waals surface area (Å²) in [6.45, 7) is 4.21. The van der Waals surface area contributed by atoms with Crippen LogP contribution in [0, 0.1) is 6.92 Å². The predicted molar refractivity (Wildman–Crippen MR) is 94.2 cm³/mol. The van der Waals surface area contributed by atoms with Gasteiger partial charge in [-0.2, -0.15) is 0 Å². The number of fused-ring (bicyclic) bond motifs is 2. The highest BCUT2D eigenvalue weighted by atomic mass is 16.6. The molecule has 0 unspecified atom stereocenters. The quantitative estimate of drug-likeness (QED) is 0.795. The highest BCUT2D eigenvalue weighted by Crippen LogP contribution is 2.30. The first-order chi connectivity index (χ1) is 12.2. The van der Waals surface area contributed by atoms with Crippen molar-refractivity contribution in [3.8, 4) is 11.5 Å². The Balaban J connectivity index is 1.43. The topological polar surface area (TPSA) is 65.4 Å². The maximum atomic E-state index is 12.4. The Morgan fingerprint density at radius 1 is 1.16 bits per heavy atom. The number of amides is 1. The van der Waals surface area contributed by atoms with Crippen LogP contribution in [-0.2, 0) is 6.54 Å². The molecule has 2 heterocycles. The minimum atomic E-state index is -0.126. The SMILES string of the molecule is Cc1nc2ccccc2n1CCNC(=O)c1ccc2c(c1)OCCO2. The first-order valence-corrected chi connectivity index (χ1v) is 8.32. The molecule has 1 aromatic heterocycles. The highest BCUT2D eigenvalue weighted by Gasteiger charge is 2.15. The van der Waals surface area contributed by atoms with Crippen molar-refractivity contribution in [2.45, 2.75) is 13.5 Å². The monoisotopic (exact) mass is 337 g/mol. The molecule has 1 aliphatic heterocycles. The Kier molecular flexibility index (Phi) is 4.01. The van der Waals surface area contributed by atoms with Crippen molar-refractivity contribution >= 4 is 16.9 Å². The number of nitrogens with zero attached hydrogens (tertiary/aromatic N) is 2. The summed E-state index contributed by atoms with van der Waals surface area (Å²) in [6, 6.07) is 13.3. The van der Waals surface area contributed by atoms with E-state index in [1.54, 1.807) is 18.2 Å². The van der Waals surface area contributed by atoms with Crippen LogP contribution in [0.15, 0.2) is 42.5 Å². The fourth-order valence-electron chi connectivity index (χ4n) is 3.05. The van der Waals surface area contributed by atoms with Gasteiger partial charge in [-0.25, -0.2) is 4.98 Å². The summed E-state index contributed by atoms with van der Waals surface area (Å²) in [7, 11) is 0. The van der Waals surface area contributed by atoms with E-state index in [1.165, 1.54) is 0 Å². The molecule has 0 spiro atoms. The Bertz CT molecular complexity index is 933. The lowest BCUT2D eigenvalue weighted by atomic mass is 10.2. The summed E-state index contributed by atoms with van der Waals surface area (Å²) < 4.78 is 13.1. The Morgan fingerprint density at radius 3 is 2.84 bits per heavy atom. The second kappa shape index (κ2) is 6.47. The number of carbonyl (C=O) groups is 1. The number of aryl methyl sites for hydroxylation is 1. The van der Waals surface area contributed by atoms with E-state index in [2.05, 4.69) is 14.9 Å². The summed E-state index contributed by atoms with van der Waals surface area (Å²) in [4.78, 5) is 16.9. The molecule has 0 bridgehead atoms. The molecular weight excluding hydrogens is 318 g/mol. The number of rotatable bonds is 4. The van der Waals surface area contributed by atoms with E-state index in [1.807, 2.05) is 31.2 Å². The van der Waals surface area contributed by atoms with Crippen LogP contribution in [0.5, 0.6) is 11.5 Å². The van der Waals surface area contributed by atoms with Crippen LogP contribution in [-0.4, -0.2) is 35.2 Å². The van der Waals surface area contributed by atoms with Crippen LogP contribution in [0.3, 0.4) is 0 Å². The Labute approximate surface area is 145 Å². The second-order valence-electron chi connectivity index (χ2n) is 5.91. The standard InChI is InChI=1S/C19H19N3O3/c1-13-21-15-4-2-3-5-16(15)22(13)9-8-20-19(23)14-6-7-17-18(12-14)25-11-10-24-17/h2-7,12H,8-11H2,1H3,(H,20,23). The van der Waals surface area contributed by atoms with E-state index in [4.69, 9.17) is 9.47 Å². The van der Waals surface area contributed by atoms with Crippen molar-refractivity contribution in [1.29, 1.82) is 0 Å². The van der Waals surface area contributed by atoms with E-state index >= 15 is 0 Å². The molecule has 0 radical (unpaired) electrons. The molecule has 0 saturated heterocycles. The number of hydrogen-bond acceptors (Lipinski definition) is 4. The lowest BCUT2D eigenvalue weighted by Crippen LogP contribution is -2.27. The normalized spacial score (nSPS) is 13.0. The van der Waals surface area contributed by atoms with E-state index in [0.29, 0.717) is 43.4 Å². The van der Waals surface area contributed by atoms with Crippen molar-refractivity contribution in [3.63, 3.8) is 0 Å². The average molecular weight is 337 g/mol. The lowest BCUT2D eigenvalue weighted by Gasteiger charge is -2.18. The molecule has 1 amide bonds. The van der Waals surface area contributed by atoms with Gasteiger partial charge in [-0.15, -0.1) is 0 Å². The van der Waals surface area contributed by atoms with Gasteiger partial charge in [0.15, 0.2) is 11.5 Å². The van der Waals surface area contributed by atoms with Gasteiger partial charge in [0, 0.05) is 18.7 Å². The zero-order chi connectivity index (χ0) is 17.2. The van der Waals surface area contributed by atoms with E-state index in [9.17, 15) is 4.79 Å². The van der Waals surface area contributed by atoms with Crippen LogP contribution in [0.25, 0.3) is 11.0 Å². The van der Waals surface area contributed by atoms with Crippen molar-refractivity contribution in [1.82, 2.24) is 14.9 Å². The van der Waals surface area contributed by atoms with Gasteiger partial charge in [-0.05, 0) is 37.3 Å². The first-order valence-electron chi connectivity index (χ1n) is 8.32. The molecule has 0 saturated carbocycles.